The lowest BCUT2D eigenvalue weighted by atomic mass is 10.1. The third-order valence-corrected chi connectivity index (χ3v) is 2.99. The number of ether oxygens (including phenoxy) is 1. The number of carbonyl (C=O) groups is 1. The van der Waals surface area contributed by atoms with Crippen molar-refractivity contribution in [1.82, 2.24) is 4.90 Å². The topological polar surface area (TPSA) is 29.5 Å². The van der Waals surface area contributed by atoms with Gasteiger partial charge < -0.3 is 9.64 Å². The smallest absolute Gasteiger partial charge is 0.251 e. The SMILES string of the molecule is COC(C)C(=O)N(C)C(C)c1ccccc1F. The highest BCUT2D eigenvalue weighted by Gasteiger charge is 2.23. The van der Waals surface area contributed by atoms with E-state index >= 15 is 0 Å². The lowest BCUT2D eigenvalue weighted by molar-refractivity contribution is -0.141. The molecule has 0 heterocycles. The minimum Gasteiger partial charge on any atom is -0.372 e. The van der Waals surface area contributed by atoms with Gasteiger partial charge in [-0.3, -0.25) is 4.79 Å². The molecule has 0 aliphatic heterocycles. The molecule has 0 bridgehead atoms. The number of halogens is 1. The van der Waals surface area contributed by atoms with Gasteiger partial charge in [-0.15, -0.1) is 0 Å². The van der Waals surface area contributed by atoms with E-state index < -0.39 is 6.10 Å². The van der Waals surface area contributed by atoms with E-state index in [-0.39, 0.29) is 17.8 Å². The number of methoxy groups -OCH3 is 1. The van der Waals surface area contributed by atoms with Gasteiger partial charge in [0.25, 0.3) is 5.91 Å². The first-order valence-electron chi connectivity index (χ1n) is 5.53. The molecule has 94 valence electrons. The highest BCUT2D eigenvalue weighted by molar-refractivity contribution is 5.80. The molecule has 0 aromatic heterocycles. The van der Waals surface area contributed by atoms with E-state index in [1.54, 1.807) is 39.1 Å². The minimum atomic E-state index is -0.519. The lowest BCUT2D eigenvalue weighted by Gasteiger charge is -2.27. The molecule has 2 unspecified atom stereocenters. The van der Waals surface area contributed by atoms with E-state index in [2.05, 4.69) is 0 Å². The zero-order valence-electron chi connectivity index (χ0n) is 10.6. The molecule has 1 aromatic carbocycles. The predicted molar refractivity (Wildman–Crippen MR) is 64.1 cm³/mol. The van der Waals surface area contributed by atoms with Gasteiger partial charge in [-0.05, 0) is 19.9 Å². The van der Waals surface area contributed by atoms with Crippen LogP contribution in [0.4, 0.5) is 4.39 Å². The van der Waals surface area contributed by atoms with Crippen LogP contribution in [0.5, 0.6) is 0 Å². The molecule has 0 aliphatic rings. The van der Waals surface area contributed by atoms with Crippen LogP contribution in [0, 0.1) is 5.82 Å². The maximum Gasteiger partial charge on any atom is 0.251 e. The maximum atomic E-state index is 13.6. The summed E-state index contributed by atoms with van der Waals surface area (Å²) in [5, 5.41) is 0. The van der Waals surface area contributed by atoms with Crippen LogP contribution < -0.4 is 0 Å². The third-order valence-electron chi connectivity index (χ3n) is 2.99. The van der Waals surface area contributed by atoms with Crippen LogP contribution in [-0.4, -0.2) is 31.1 Å². The van der Waals surface area contributed by atoms with Gasteiger partial charge in [0.05, 0.1) is 6.04 Å². The summed E-state index contributed by atoms with van der Waals surface area (Å²) in [6.07, 6.45) is -0.519. The second-order valence-corrected chi connectivity index (χ2v) is 4.02. The average Bonchev–Trinajstić information content (AvgIpc) is 2.35. The molecule has 0 spiro atoms. The van der Waals surface area contributed by atoms with Crippen molar-refractivity contribution >= 4 is 5.91 Å². The summed E-state index contributed by atoms with van der Waals surface area (Å²) in [5.41, 5.74) is 0.506. The van der Waals surface area contributed by atoms with Crippen molar-refractivity contribution in [1.29, 1.82) is 0 Å². The molecule has 1 aromatic rings. The molecule has 1 rings (SSSR count). The van der Waals surface area contributed by atoms with E-state index in [9.17, 15) is 9.18 Å². The Hall–Kier alpha value is -1.42. The summed E-state index contributed by atoms with van der Waals surface area (Å²) < 4.78 is 18.5. The molecule has 0 saturated heterocycles. The highest BCUT2D eigenvalue weighted by Crippen LogP contribution is 2.22. The van der Waals surface area contributed by atoms with E-state index in [1.165, 1.54) is 18.1 Å². The van der Waals surface area contributed by atoms with Gasteiger partial charge >= 0.3 is 0 Å². The second-order valence-electron chi connectivity index (χ2n) is 4.02. The molecule has 17 heavy (non-hydrogen) atoms. The summed E-state index contributed by atoms with van der Waals surface area (Å²) >= 11 is 0. The summed E-state index contributed by atoms with van der Waals surface area (Å²) in [7, 11) is 3.12. The Morgan fingerprint density at radius 3 is 2.47 bits per heavy atom. The number of carbonyl (C=O) groups excluding carboxylic acids is 1. The number of amides is 1. The van der Waals surface area contributed by atoms with Crippen molar-refractivity contribution < 1.29 is 13.9 Å². The van der Waals surface area contributed by atoms with E-state index in [1.807, 2.05) is 0 Å². The summed E-state index contributed by atoms with van der Waals surface area (Å²) in [4.78, 5) is 13.4. The van der Waals surface area contributed by atoms with Crippen molar-refractivity contribution in [3.05, 3.63) is 35.6 Å². The van der Waals surface area contributed by atoms with Gasteiger partial charge in [0, 0.05) is 19.7 Å². The first kappa shape index (κ1) is 13.6. The van der Waals surface area contributed by atoms with Crippen molar-refractivity contribution in [3.63, 3.8) is 0 Å². The Labute approximate surface area is 101 Å². The molecule has 0 aliphatic carbocycles. The Bertz CT molecular complexity index is 395. The predicted octanol–water partition coefficient (Wildman–Crippen LogP) is 2.38. The van der Waals surface area contributed by atoms with Gasteiger partial charge in [-0.25, -0.2) is 4.39 Å². The number of nitrogens with zero attached hydrogens (tertiary/aromatic N) is 1. The molecular formula is C13H18FNO2. The quantitative estimate of drug-likeness (QED) is 0.807. The van der Waals surface area contributed by atoms with Gasteiger partial charge in [0.2, 0.25) is 0 Å². The van der Waals surface area contributed by atoms with Gasteiger partial charge in [-0.2, -0.15) is 0 Å². The lowest BCUT2D eigenvalue weighted by Crippen LogP contribution is -2.37. The van der Waals surface area contributed by atoms with Crippen LogP contribution in [0.2, 0.25) is 0 Å². The molecule has 0 N–H and O–H groups in total. The fraction of sp³-hybridized carbons (Fsp3) is 0.462. The van der Waals surface area contributed by atoms with Crippen molar-refractivity contribution in [2.24, 2.45) is 0 Å². The maximum absolute atomic E-state index is 13.6. The molecule has 2 atom stereocenters. The van der Waals surface area contributed by atoms with Crippen LogP contribution >= 0.6 is 0 Å². The number of rotatable bonds is 4. The Balaban J connectivity index is 2.87. The zero-order chi connectivity index (χ0) is 13.0. The molecule has 0 saturated carbocycles. The van der Waals surface area contributed by atoms with Gasteiger partial charge in [0.15, 0.2) is 0 Å². The summed E-state index contributed by atoms with van der Waals surface area (Å²) in [5.74, 6) is -0.465. The first-order valence-corrected chi connectivity index (χ1v) is 5.53. The highest BCUT2D eigenvalue weighted by atomic mass is 19.1. The average molecular weight is 239 g/mol. The summed E-state index contributed by atoms with van der Waals surface area (Å²) in [6.45, 7) is 3.46. The largest absolute Gasteiger partial charge is 0.372 e. The van der Waals surface area contributed by atoms with E-state index in [0.717, 1.165) is 0 Å². The molecule has 1 amide bonds. The second kappa shape index (κ2) is 5.77. The normalized spacial score (nSPS) is 14.2. The number of hydrogen-bond acceptors (Lipinski definition) is 2. The standard InChI is InChI=1S/C13H18FNO2/c1-9(11-7-5-6-8-12(11)14)15(3)13(16)10(2)17-4/h5-10H,1-4H3. The van der Waals surface area contributed by atoms with Crippen LogP contribution in [0.1, 0.15) is 25.5 Å². The Morgan fingerprint density at radius 1 is 1.35 bits per heavy atom. The van der Waals surface area contributed by atoms with Crippen LogP contribution in [0.15, 0.2) is 24.3 Å². The van der Waals surface area contributed by atoms with Crippen molar-refractivity contribution in [2.45, 2.75) is 26.0 Å². The molecule has 3 nitrogen and oxygen atoms in total. The number of likely N-dealkylation sites (N-methyl/N-ethyl adjacent to an activating group) is 1. The number of hydrogen-bond donors (Lipinski definition) is 0. The van der Waals surface area contributed by atoms with E-state index in [0.29, 0.717) is 5.56 Å². The first-order chi connectivity index (χ1) is 7.99. The van der Waals surface area contributed by atoms with Crippen molar-refractivity contribution in [2.75, 3.05) is 14.2 Å². The molecule has 4 heteroatoms. The molecular weight excluding hydrogens is 221 g/mol. The van der Waals surface area contributed by atoms with Gasteiger partial charge in [0.1, 0.15) is 11.9 Å². The Kier molecular flexibility index (Phi) is 4.63. The Morgan fingerprint density at radius 2 is 1.94 bits per heavy atom. The van der Waals surface area contributed by atoms with Crippen LogP contribution in [-0.2, 0) is 9.53 Å². The van der Waals surface area contributed by atoms with Crippen LogP contribution in [0.3, 0.4) is 0 Å². The minimum absolute atomic E-state index is 0.164. The number of benzene rings is 1. The summed E-state index contributed by atoms with van der Waals surface area (Å²) in [6, 6.07) is 6.14. The third kappa shape index (κ3) is 3.03. The monoisotopic (exact) mass is 239 g/mol. The fourth-order valence-electron chi connectivity index (χ4n) is 1.60. The fourth-order valence-corrected chi connectivity index (χ4v) is 1.60. The molecule has 0 fully saturated rings. The van der Waals surface area contributed by atoms with Crippen LogP contribution in [0.25, 0.3) is 0 Å². The van der Waals surface area contributed by atoms with E-state index in [4.69, 9.17) is 4.74 Å². The zero-order valence-corrected chi connectivity index (χ0v) is 10.6. The van der Waals surface area contributed by atoms with Crippen molar-refractivity contribution in [3.8, 4) is 0 Å². The molecule has 0 radical (unpaired) electrons. The van der Waals surface area contributed by atoms with Gasteiger partial charge in [-0.1, -0.05) is 18.2 Å².